The summed E-state index contributed by atoms with van der Waals surface area (Å²) in [4.78, 5) is 27.0. The van der Waals surface area contributed by atoms with Crippen molar-refractivity contribution in [1.29, 1.82) is 0 Å². The van der Waals surface area contributed by atoms with E-state index in [-0.39, 0.29) is 22.7 Å². The molecule has 1 saturated heterocycles. The normalized spacial score (nSPS) is 15.5. The molecule has 27 heavy (non-hydrogen) atoms. The Hall–Kier alpha value is -2.54. The average Bonchev–Trinajstić information content (AvgIpc) is 2.68. The van der Waals surface area contributed by atoms with Crippen molar-refractivity contribution in [3.63, 3.8) is 0 Å². The molecule has 1 aromatic carbocycles. The molecular formula is C20H25FN4O2. The minimum Gasteiger partial charge on any atom is -0.349 e. The highest BCUT2D eigenvalue weighted by atomic mass is 19.1. The van der Waals surface area contributed by atoms with Gasteiger partial charge in [0.2, 0.25) is 0 Å². The first-order valence-electron chi connectivity index (χ1n) is 9.26. The van der Waals surface area contributed by atoms with Crippen molar-refractivity contribution >= 4 is 5.91 Å². The van der Waals surface area contributed by atoms with Crippen LogP contribution >= 0.6 is 0 Å². The van der Waals surface area contributed by atoms with Gasteiger partial charge in [-0.3, -0.25) is 14.5 Å². The van der Waals surface area contributed by atoms with Crippen molar-refractivity contribution in [2.45, 2.75) is 38.6 Å². The number of rotatable bonds is 5. The molecule has 0 bridgehead atoms. The molecule has 6 nitrogen and oxygen atoms in total. The summed E-state index contributed by atoms with van der Waals surface area (Å²) in [6.07, 6.45) is 3.62. The molecule has 0 radical (unpaired) electrons. The molecule has 2 aromatic rings. The van der Waals surface area contributed by atoms with Gasteiger partial charge >= 0.3 is 0 Å². The second-order valence-corrected chi connectivity index (χ2v) is 7.49. The zero-order valence-corrected chi connectivity index (χ0v) is 15.7. The van der Waals surface area contributed by atoms with Crippen LogP contribution < -0.4 is 10.9 Å². The van der Waals surface area contributed by atoms with E-state index in [0.717, 1.165) is 17.8 Å². The molecule has 1 N–H and O–H groups in total. The number of likely N-dealkylation sites (tertiary alicyclic amines) is 1. The molecule has 0 saturated carbocycles. The van der Waals surface area contributed by atoms with Crippen LogP contribution in [0.25, 0.3) is 5.69 Å². The van der Waals surface area contributed by atoms with Crippen LogP contribution in [0.2, 0.25) is 0 Å². The van der Waals surface area contributed by atoms with Gasteiger partial charge in [-0.25, -0.2) is 4.39 Å². The third kappa shape index (κ3) is 4.60. The Morgan fingerprint density at radius 1 is 1.11 bits per heavy atom. The summed E-state index contributed by atoms with van der Waals surface area (Å²) in [5.74, 6) is -0.739. The number of nitrogens with zero attached hydrogens (tertiary/aromatic N) is 3. The van der Waals surface area contributed by atoms with Crippen molar-refractivity contribution in [2.24, 2.45) is 0 Å². The third-order valence-corrected chi connectivity index (χ3v) is 5.00. The Kier molecular flexibility index (Phi) is 5.70. The fourth-order valence-corrected chi connectivity index (χ4v) is 3.30. The van der Waals surface area contributed by atoms with Gasteiger partial charge in [-0.15, -0.1) is 0 Å². The van der Waals surface area contributed by atoms with Crippen LogP contribution in [0.1, 0.15) is 43.6 Å². The second-order valence-electron chi connectivity index (χ2n) is 7.49. The number of hydrogen-bond acceptors (Lipinski definition) is 4. The summed E-state index contributed by atoms with van der Waals surface area (Å²) in [5.41, 5.74) is 0.0199. The molecule has 1 amide bonds. The fourth-order valence-electron chi connectivity index (χ4n) is 3.30. The highest BCUT2D eigenvalue weighted by Crippen LogP contribution is 2.19. The van der Waals surface area contributed by atoms with Gasteiger partial charge < -0.3 is 5.32 Å². The molecule has 3 rings (SSSR count). The average molecular weight is 372 g/mol. The van der Waals surface area contributed by atoms with Crippen molar-refractivity contribution < 1.29 is 9.18 Å². The monoisotopic (exact) mass is 372 g/mol. The Labute approximate surface area is 158 Å². The van der Waals surface area contributed by atoms with Crippen molar-refractivity contribution in [2.75, 3.05) is 19.6 Å². The zero-order valence-electron chi connectivity index (χ0n) is 15.7. The quantitative estimate of drug-likeness (QED) is 0.875. The van der Waals surface area contributed by atoms with E-state index in [1.807, 2.05) is 0 Å². The molecule has 1 aromatic heterocycles. The number of piperidine rings is 1. The lowest BCUT2D eigenvalue weighted by atomic mass is 9.98. The number of nitrogens with one attached hydrogen (secondary N) is 1. The summed E-state index contributed by atoms with van der Waals surface area (Å²) in [6, 6.07) is 8.09. The highest BCUT2D eigenvalue weighted by molar-refractivity contribution is 5.92. The van der Waals surface area contributed by atoms with Gasteiger partial charge in [0.1, 0.15) is 11.5 Å². The first kappa shape index (κ1) is 19.2. The van der Waals surface area contributed by atoms with Gasteiger partial charge in [-0.1, -0.05) is 6.42 Å². The predicted octanol–water partition coefficient (Wildman–Crippen LogP) is 2.37. The molecular weight excluding hydrogens is 347 g/mol. The number of halogens is 1. The summed E-state index contributed by atoms with van der Waals surface area (Å²) >= 11 is 0. The summed E-state index contributed by atoms with van der Waals surface area (Å²) in [5, 5.41) is 7.07. The lowest BCUT2D eigenvalue weighted by Gasteiger charge is -2.41. The molecule has 2 heterocycles. The van der Waals surface area contributed by atoms with Crippen LogP contribution in [-0.4, -0.2) is 45.8 Å². The van der Waals surface area contributed by atoms with Gasteiger partial charge in [-0.05, 0) is 70.1 Å². The van der Waals surface area contributed by atoms with Gasteiger partial charge in [0, 0.05) is 18.2 Å². The van der Waals surface area contributed by atoms with E-state index < -0.39 is 5.82 Å². The van der Waals surface area contributed by atoms with E-state index in [2.05, 4.69) is 29.2 Å². The van der Waals surface area contributed by atoms with Crippen molar-refractivity contribution in [3.05, 3.63) is 58.3 Å². The standard InChI is InChI=1S/C20H25FN4O2/c1-20(2,24-12-4-3-5-13-24)14-22-19(27)17-10-11-18(26)25(23-17)16-8-6-15(21)7-9-16/h6-11H,3-5,12-14H2,1-2H3,(H,22,27). The zero-order chi connectivity index (χ0) is 19.4. The van der Waals surface area contributed by atoms with Crippen LogP contribution in [0.5, 0.6) is 0 Å². The van der Waals surface area contributed by atoms with Gasteiger partial charge in [0.25, 0.3) is 11.5 Å². The Morgan fingerprint density at radius 2 is 1.78 bits per heavy atom. The molecule has 0 spiro atoms. The second kappa shape index (κ2) is 8.00. The van der Waals surface area contributed by atoms with Crippen LogP contribution in [0.4, 0.5) is 4.39 Å². The highest BCUT2D eigenvalue weighted by Gasteiger charge is 2.28. The topological polar surface area (TPSA) is 67.2 Å². The van der Waals surface area contributed by atoms with E-state index >= 15 is 0 Å². The molecule has 7 heteroatoms. The van der Waals surface area contributed by atoms with Crippen LogP contribution in [-0.2, 0) is 0 Å². The number of carbonyl (C=O) groups excluding carboxylic acids is 1. The summed E-state index contributed by atoms with van der Waals surface area (Å²) in [6.45, 7) is 6.80. The molecule has 144 valence electrons. The van der Waals surface area contributed by atoms with E-state index in [1.54, 1.807) is 0 Å². The number of carbonyl (C=O) groups is 1. The molecule has 0 unspecified atom stereocenters. The van der Waals surface area contributed by atoms with Gasteiger partial charge in [0.15, 0.2) is 0 Å². The molecule has 1 aliphatic heterocycles. The number of amides is 1. The van der Waals surface area contributed by atoms with E-state index in [9.17, 15) is 14.0 Å². The van der Waals surface area contributed by atoms with Gasteiger partial charge in [0.05, 0.1) is 5.69 Å². The molecule has 0 aliphatic carbocycles. The first-order chi connectivity index (χ1) is 12.9. The molecule has 1 fully saturated rings. The molecule has 1 aliphatic rings. The number of benzene rings is 1. The van der Waals surface area contributed by atoms with E-state index in [4.69, 9.17) is 0 Å². The van der Waals surface area contributed by atoms with Crippen LogP contribution in [0, 0.1) is 5.82 Å². The fraction of sp³-hybridized carbons (Fsp3) is 0.450. The lowest BCUT2D eigenvalue weighted by molar-refractivity contribution is 0.0793. The van der Waals surface area contributed by atoms with Crippen LogP contribution in [0.3, 0.4) is 0 Å². The predicted molar refractivity (Wildman–Crippen MR) is 102 cm³/mol. The third-order valence-electron chi connectivity index (χ3n) is 5.00. The molecule has 0 atom stereocenters. The smallest absolute Gasteiger partial charge is 0.271 e. The Morgan fingerprint density at radius 3 is 2.44 bits per heavy atom. The van der Waals surface area contributed by atoms with Crippen molar-refractivity contribution in [3.8, 4) is 5.69 Å². The van der Waals surface area contributed by atoms with Gasteiger partial charge in [-0.2, -0.15) is 9.78 Å². The van der Waals surface area contributed by atoms with E-state index in [1.165, 1.54) is 55.7 Å². The number of aromatic nitrogens is 2. The van der Waals surface area contributed by atoms with Crippen molar-refractivity contribution in [1.82, 2.24) is 20.0 Å². The number of hydrogen-bond donors (Lipinski definition) is 1. The maximum absolute atomic E-state index is 13.1. The minimum atomic E-state index is -0.402. The Bertz CT molecular complexity index is 855. The lowest BCUT2D eigenvalue weighted by Crippen LogP contribution is -2.53. The SMILES string of the molecule is CC(C)(CNC(=O)c1ccc(=O)n(-c2ccc(F)cc2)n1)N1CCCCC1. The summed E-state index contributed by atoms with van der Waals surface area (Å²) in [7, 11) is 0. The maximum Gasteiger partial charge on any atom is 0.271 e. The summed E-state index contributed by atoms with van der Waals surface area (Å²) < 4.78 is 14.2. The minimum absolute atomic E-state index is 0.147. The first-order valence-corrected chi connectivity index (χ1v) is 9.26. The maximum atomic E-state index is 13.1. The van der Waals surface area contributed by atoms with E-state index in [0.29, 0.717) is 12.2 Å². The Balaban J connectivity index is 1.72. The van der Waals surface area contributed by atoms with Crippen LogP contribution in [0.15, 0.2) is 41.2 Å². The largest absolute Gasteiger partial charge is 0.349 e.